The second-order valence-electron chi connectivity index (χ2n) is 4.56. The van der Waals surface area contributed by atoms with E-state index in [9.17, 15) is 9.59 Å². The van der Waals surface area contributed by atoms with Crippen molar-refractivity contribution in [2.75, 3.05) is 18.4 Å². The molecule has 1 heterocycles. The van der Waals surface area contributed by atoms with Crippen LogP contribution in [0.3, 0.4) is 0 Å². The lowest BCUT2D eigenvalue weighted by Crippen LogP contribution is -2.45. The molecule has 2 amide bonds. The number of para-hydroxylation sites is 1. The molecule has 4 heteroatoms. The fourth-order valence-electron chi connectivity index (χ4n) is 2.17. The first-order chi connectivity index (χ1) is 8.70. The van der Waals surface area contributed by atoms with Crippen molar-refractivity contribution in [2.45, 2.75) is 19.8 Å². The number of hydrogen-bond donors (Lipinski definition) is 1. The van der Waals surface area contributed by atoms with E-state index in [4.69, 9.17) is 0 Å². The van der Waals surface area contributed by atoms with Gasteiger partial charge in [-0.15, -0.1) is 0 Å². The van der Waals surface area contributed by atoms with Crippen molar-refractivity contribution in [1.29, 1.82) is 0 Å². The van der Waals surface area contributed by atoms with E-state index < -0.39 is 0 Å². The quantitative estimate of drug-likeness (QED) is 0.871. The van der Waals surface area contributed by atoms with Crippen LogP contribution in [0.4, 0.5) is 10.5 Å². The van der Waals surface area contributed by atoms with E-state index in [1.165, 1.54) is 0 Å². The molecule has 0 bridgehead atoms. The minimum Gasteiger partial charge on any atom is -0.323 e. The van der Waals surface area contributed by atoms with Crippen molar-refractivity contribution in [3.63, 3.8) is 0 Å². The number of piperidine rings is 1. The zero-order valence-electron chi connectivity index (χ0n) is 10.6. The Hall–Kier alpha value is -1.84. The lowest BCUT2D eigenvalue weighted by Gasteiger charge is -2.31. The van der Waals surface area contributed by atoms with Gasteiger partial charge in [0.15, 0.2) is 0 Å². The molecule has 1 fully saturated rings. The maximum Gasteiger partial charge on any atom is 0.321 e. The molecule has 1 aromatic carbocycles. The molecule has 1 saturated heterocycles. The normalized spacial score (nSPS) is 19.7. The van der Waals surface area contributed by atoms with Crippen molar-refractivity contribution < 1.29 is 9.59 Å². The highest BCUT2D eigenvalue weighted by Gasteiger charge is 2.28. The Balaban J connectivity index is 1.96. The summed E-state index contributed by atoms with van der Waals surface area (Å²) in [6, 6.07) is 9.25. The smallest absolute Gasteiger partial charge is 0.321 e. The number of carbonyl (C=O) groups is 2. The summed E-state index contributed by atoms with van der Waals surface area (Å²) in [6.45, 7) is 3.04. The summed E-state index contributed by atoms with van der Waals surface area (Å²) >= 11 is 0. The summed E-state index contributed by atoms with van der Waals surface area (Å²) < 4.78 is 0. The van der Waals surface area contributed by atoms with Gasteiger partial charge < -0.3 is 10.2 Å². The maximum atomic E-state index is 12.0. The molecule has 1 N–H and O–H groups in total. The van der Waals surface area contributed by atoms with Gasteiger partial charge in [-0.3, -0.25) is 4.79 Å². The van der Waals surface area contributed by atoms with Crippen LogP contribution >= 0.6 is 0 Å². The molecule has 1 unspecified atom stereocenters. The molecule has 2 rings (SSSR count). The van der Waals surface area contributed by atoms with Crippen molar-refractivity contribution in [3.05, 3.63) is 30.3 Å². The third kappa shape index (κ3) is 2.88. The molecule has 0 saturated carbocycles. The van der Waals surface area contributed by atoms with Crippen LogP contribution in [0.25, 0.3) is 0 Å². The summed E-state index contributed by atoms with van der Waals surface area (Å²) in [4.78, 5) is 25.4. The molecule has 1 aliphatic rings. The zero-order chi connectivity index (χ0) is 13.0. The third-order valence-electron chi connectivity index (χ3n) is 3.33. The van der Waals surface area contributed by atoms with E-state index in [2.05, 4.69) is 5.32 Å². The van der Waals surface area contributed by atoms with Crippen LogP contribution in [0.15, 0.2) is 30.3 Å². The number of carbonyl (C=O) groups excluding carboxylic acids is 2. The average molecular weight is 246 g/mol. The number of urea groups is 1. The second kappa shape index (κ2) is 5.67. The van der Waals surface area contributed by atoms with Crippen LogP contribution in [-0.4, -0.2) is 29.8 Å². The number of ketones is 1. The number of anilines is 1. The van der Waals surface area contributed by atoms with Gasteiger partial charge in [-0.1, -0.05) is 25.1 Å². The summed E-state index contributed by atoms with van der Waals surface area (Å²) in [5, 5.41) is 2.85. The van der Waals surface area contributed by atoms with Gasteiger partial charge >= 0.3 is 6.03 Å². The van der Waals surface area contributed by atoms with Crippen LogP contribution in [0.2, 0.25) is 0 Å². The first-order valence-electron chi connectivity index (χ1n) is 6.34. The number of hydrogen-bond acceptors (Lipinski definition) is 2. The Morgan fingerprint density at radius 2 is 2.11 bits per heavy atom. The topological polar surface area (TPSA) is 49.4 Å². The Kier molecular flexibility index (Phi) is 3.97. The van der Waals surface area contributed by atoms with Gasteiger partial charge in [0.25, 0.3) is 0 Å². The molecule has 0 aliphatic carbocycles. The Labute approximate surface area is 107 Å². The molecule has 1 aromatic rings. The lowest BCUT2D eigenvalue weighted by molar-refractivity contribution is -0.125. The number of benzene rings is 1. The van der Waals surface area contributed by atoms with E-state index in [0.29, 0.717) is 19.5 Å². The average Bonchev–Trinajstić information content (AvgIpc) is 2.40. The van der Waals surface area contributed by atoms with Crippen LogP contribution in [-0.2, 0) is 4.79 Å². The Bertz CT molecular complexity index is 431. The van der Waals surface area contributed by atoms with Gasteiger partial charge in [-0.05, 0) is 18.6 Å². The van der Waals surface area contributed by atoms with E-state index in [0.717, 1.165) is 12.1 Å². The first-order valence-corrected chi connectivity index (χ1v) is 6.34. The number of nitrogens with zero attached hydrogens (tertiary/aromatic N) is 1. The molecule has 96 valence electrons. The molecule has 4 nitrogen and oxygen atoms in total. The Morgan fingerprint density at radius 3 is 2.78 bits per heavy atom. The highest BCUT2D eigenvalue weighted by Crippen LogP contribution is 2.17. The summed E-state index contributed by atoms with van der Waals surface area (Å²) in [5.74, 6) is 0.279. The van der Waals surface area contributed by atoms with Crippen molar-refractivity contribution in [3.8, 4) is 0 Å². The molecule has 0 spiro atoms. The standard InChI is InChI=1S/C14H18N2O2/c1-2-11-10-16(9-8-13(11)17)14(18)15-12-6-4-3-5-7-12/h3-7,11H,2,8-10H2,1H3,(H,15,18). The molecular weight excluding hydrogens is 228 g/mol. The van der Waals surface area contributed by atoms with Gasteiger partial charge in [0, 0.05) is 31.1 Å². The van der Waals surface area contributed by atoms with Gasteiger partial charge in [0.05, 0.1) is 0 Å². The van der Waals surface area contributed by atoms with E-state index >= 15 is 0 Å². The molecule has 0 radical (unpaired) electrons. The van der Waals surface area contributed by atoms with Gasteiger partial charge in [-0.2, -0.15) is 0 Å². The predicted octanol–water partition coefficient (Wildman–Crippen LogP) is 2.52. The number of rotatable bonds is 2. The molecule has 1 atom stereocenters. The zero-order valence-corrected chi connectivity index (χ0v) is 10.6. The van der Waals surface area contributed by atoms with Gasteiger partial charge in [-0.25, -0.2) is 4.79 Å². The predicted molar refractivity (Wildman–Crippen MR) is 70.4 cm³/mol. The maximum absolute atomic E-state index is 12.0. The first kappa shape index (κ1) is 12.6. The van der Waals surface area contributed by atoms with Crippen LogP contribution in [0.1, 0.15) is 19.8 Å². The number of nitrogens with one attached hydrogen (secondary N) is 1. The monoisotopic (exact) mass is 246 g/mol. The van der Waals surface area contributed by atoms with Gasteiger partial charge in [0.1, 0.15) is 5.78 Å². The molecule has 0 aromatic heterocycles. The second-order valence-corrected chi connectivity index (χ2v) is 4.56. The summed E-state index contributed by atoms with van der Waals surface area (Å²) in [5.41, 5.74) is 0.785. The van der Waals surface area contributed by atoms with Crippen molar-refractivity contribution >= 4 is 17.5 Å². The number of Topliss-reactive ketones (excluding diaryl/α,β-unsaturated/α-hetero) is 1. The fourth-order valence-corrected chi connectivity index (χ4v) is 2.17. The molecular formula is C14H18N2O2. The Morgan fingerprint density at radius 1 is 1.39 bits per heavy atom. The largest absolute Gasteiger partial charge is 0.323 e. The minimum atomic E-state index is -0.118. The molecule has 1 aliphatic heterocycles. The third-order valence-corrected chi connectivity index (χ3v) is 3.33. The highest BCUT2D eigenvalue weighted by atomic mass is 16.2. The number of amides is 2. The number of likely N-dealkylation sites (tertiary alicyclic amines) is 1. The summed E-state index contributed by atoms with van der Waals surface area (Å²) in [7, 11) is 0. The highest BCUT2D eigenvalue weighted by molar-refractivity contribution is 5.91. The van der Waals surface area contributed by atoms with Crippen molar-refractivity contribution in [2.24, 2.45) is 5.92 Å². The summed E-state index contributed by atoms with van der Waals surface area (Å²) in [6.07, 6.45) is 1.27. The van der Waals surface area contributed by atoms with E-state index in [1.807, 2.05) is 37.3 Å². The van der Waals surface area contributed by atoms with Gasteiger partial charge in [0.2, 0.25) is 0 Å². The van der Waals surface area contributed by atoms with E-state index in [1.54, 1.807) is 4.90 Å². The van der Waals surface area contributed by atoms with Crippen LogP contribution in [0.5, 0.6) is 0 Å². The minimum absolute atomic E-state index is 0.000253. The van der Waals surface area contributed by atoms with Crippen LogP contribution in [0, 0.1) is 5.92 Å². The van der Waals surface area contributed by atoms with Crippen LogP contribution < -0.4 is 5.32 Å². The lowest BCUT2D eigenvalue weighted by atomic mass is 9.94. The van der Waals surface area contributed by atoms with E-state index in [-0.39, 0.29) is 17.7 Å². The fraction of sp³-hybridized carbons (Fsp3) is 0.429. The SMILES string of the molecule is CCC1CN(C(=O)Nc2ccccc2)CCC1=O. The molecule has 18 heavy (non-hydrogen) atoms. The van der Waals surface area contributed by atoms with Crippen molar-refractivity contribution in [1.82, 2.24) is 4.90 Å².